The smallest absolute Gasteiger partial charge is 0.309 e. The van der Waals surface area contributed by atoms with E-state index in [1.807, 2.05) is 13.0 Å². The first-order chi connectivity index (χ1) is 8.47. The van der Waals surface area contributed by atoms with Crippen molar-refractivity contribution in [1.82, 2.24) is 4.98 Å². The molecule has 1 aromatic heterocycles. The number of hydrogen-bond donors (Lipinski definition) is 1. The van der Waals surface area contributed by atoms with Crippen LogP contribution in [0.15, 0.2) is 18.2 Å². The highest BCUT2D eigenvalue weighted by Gasteiger charge is 2.13. The summed E-state index contributed by atoms with van der Waals surface area (Å²) in [6, 6.07) is 6.21. The van der Waals surface area contributed by atoms with E-state index in [0.717, 1.165) is 15.4 Å². The van der Waals surface area contributed by atoms with E-state index in [0.29, 0.717) is 5.69 Å². The fourth-order valence-corrected chi connectivity index (χ4v) is 2.92. The molecule has 0 radical (unpaired) electrons. The molecule has 0 saturated carbocycles. The summed E-state index contributed by atoms with van der Waals surface area (Å²) >= 11 is 1.56. The van der Waals surface area contributed by atoms with E-state index in [2.05, 4.69) is 31.0 Å². The van der Waals surface area contributed by atoms with Crippen LogP contribution in [-0.2, 0) is 11.2 Å². The van der Waals surface area contributed by atoms with Gasteiger partial charge in [-0.1, -0.05) is 23.8 Å². The average molecular weight is 261 g/mol. The number of aryl methyl sites for hydroxylation is 3. The van der Waals surface area contributed by atoms with Crippen molar-refractivity contribution in [3.05, 3.63) is 39.9 Å². The fourth-order valence-electron chi connectivity index (χ4n) is 1.90. The maximum Gasteiger partial charge on any atom is 0.309 e. The molecule has 0 bridgehead atoms. The highest BCUT2D eigenvalue weighted by molar-refractivity contribution is 7.15. The lowest BCUT2D eigenvalue weighted by Gasteiger charge is -2.02. The largest absolute Gasteiger partial charge is 0.481 e. The lowest BCUT2D eigenvalue weighted by Crippen LogP contribution is -2.01. The summed E-state index contributed by atoms with van der Waals surface area (Å²) in [5.74, 6) is -0.837. The molecule has 0 fully saturated rings. The number of thiazole rings is 1. The van der Waals surface area contributed by atoms with Gasteiger partial charge in [-0.05, 0) is 26.3 Å². The molecular weight excluding hydrogens is 246 g/mol. The topological polar surface area (TPSA) is 50.2 Å². The van der Waals surface area contributed by atoms with Gasteiger partial charge in [-0.3, -0.25) is 4.79 Å². The van der Waals surface area contributed by atoms with Gasteiger partial charge in [0.05, 0.1) is 12.1 Å². The number of rotatable bonds is 3. The van der Waals surface area contributed by atoms with Crippen LogP contribution in [0.2, 0.25) is 0 Å². The number of nitrogens with zero attached hydrogens (tertiary/aromatic N) is 1. The zero-order valence-corrected chi connectivity index (χ0v) is 11.5. The van der Waals surface area contributed by atoms with Crippen LogP contribution in [-0.4, -0.2) is 16.1 Å². The first kappa shape index (κ1) is 12.8. The highest BCUT2D eigenvalue weighted by Crippen LogP contribution is 2.30. The molecular formula is C14H15NO2S. The van der Waals surface area contributed by atoms with Crippen molar-refractivity contribution < 1.29 is 9.90 Å². The molecule has 1 heterocycles. The zero-order valence-electron chi connectivity index (χ0n) is 10.7. The minimum Gasteiger partial charge on any atom is -0.481 e. The highest BCUT2D eigenvalue weighted by atomic mass is 32.1. The molecule has 18 heavy (non-hydrogen) atoms. The van der Waals surface area contributed by atoms with Crippen molar-refractivity contribution in [2.24, 2.45) is 0 Å². The number of carbonyl (C=O) groups is 1. The number of aliphatic carboxylic acids is 1. The lowest BCUT2D eigenvalue weighted by molar-refractivity contribution is -0.136. The minimum absolute atomic E-state index is 0.00670. The maximum atomic E-state index is 10.7. The van der Waals surface area contributed by atoms with E-state index in [4.69, 9.17) is 5.11 Å². The van der Waals surface area contributed by atoms with Crippen molar-refractivity contribution in [1.29, 1.82) is 0 Å². The Morgan fingerprint density at radius 3 is 2.67 bits per heavy atom. The van der Waals surface area contributed by atoms with Gasteiger partial charge in [0, 0.05) is 10.4 Å². The molecule has 94 valence electrons. The Balaban J connectivity index is 2.42. The van der Waals surface area contributed by atoms with Gasteiger partial charge in [0.1, 0.15) is 5.01 Å². The molecule has 4 heteroatoms. The minimum atomic E-state index is -0.837. The number of hydrogen-bond acceptors (Lipinski definition) is 3. The SMILES string of the molecule is Cc1ccc(-c2nc(CC(=O)O)c(C)s2)c(C)c1. The van der Waals surface area contributed by atoms with E-state index in [-0.39, 0.29) is 6.42 Å². The summed E-state index contributed by atoms with van der Waals surface area (Å²) in [6.45, 7) is 6.03. The summed E-state index contributed by atoms with van der Waals surface area (Å²) in [5.41, 5.74) is 4.15. The van der Waals surface area contributed by atoms with E-state index in [1.54, 1.807) is 11.3 Å². The molecule has 0 aliphatic carbocycles. The Morgan fingerprint density at radius 1 is 1.33 bits per heavy atom. The Morgan fingerprint density at radius 2 is 2.06 bits per heavy atom. The molecule has 1 aromatic carbocycles. The van der Waals surface area contributed by atoms with E-state index < -0.39 is 5.97 Å². The Kier molecular flexibility index (Phi) is 3.48. The van der Waals surface area contributed by atoms with Crippen molar-refractivity contribution in [2.75, 3.05) is 0 Å². The molecule has 0 amide bonds. The number of aromatic nitrogens is 1. The summed E-state index contributed by atoms with van der Waals surface area (Å²) in [6.07, 6.45) is -0.00670. The van der Waals surface area contributed by atoms with Crippen LogP contribution in [0.4, 0.5) is 0 Å². The molecule has 0 aliphatic rings. The normalized spacial score (nSPS) is 10.6. The second-order valence-corrected chi connectivity index (χ2v) is 5.61. The van der Waals surface area contributed by atoms with Crippen molar-refractivity contribution in [2.45, 2.75) is 27.2 Å². The molecule has 2 aromatic rings. The third-order valence-electron chi connectivity index (χ3n) is 2.82. The maximum absolute atomic E-state index is 10.7. The third-order valence-corrected chi connectivity index (χ3v) is 3.87. The molecule has 0 aliphatic heterocycles. The van der Waals surface area contributed by atoms with Gasteiger partial charge in [-0.25, -0.2) is 4.98 Å². The molecule has 0 unspecified atom stereocenters. The van der Waals surface area contributed by atoms with Crippen LogP contribution < -0.4 is 0 Å². The Hall–Kier alpha value is -1.68. The molecule has 2 rings (SSSR count). The zero-order chi connectivity index (χ0) is 13.3. The summed E-state index contributed by atoms with van der Waals surface area (Å²) in [5, 5.41) is 9.73. The predicted molar refractivity (Wildman–Crippen MR) is 73.1 cm³/mol. The summed E-state index contributed by atoms with van der Waals surface area (Å²) < 4.78 is 0. The lowest BCUT2D eigenvalue weighted by atomic mass is 10.1. The van der Waals surface area contributed by atoms with Gasteiger partial charge in [0.15, 0.2) is 0 Å². The fraction of sp³-hybridized carbons (Fsp3) is 0.286. The molecule has 1 N–H and O–H groups in total. The third kappa shape index (κ3) is 2.59. The van der Waals surface area contributed by atoms with Gasteiger partial charge in [0.2, 0.25) is 0 Å². The average Bonchev–Trinajstić information content (AvgIpc) is 2.59. The van der Waals surface area contributed by atoms with Crippen LogP contribution in [0.5, 0.6) is 0 Å². The first-order valence-corrected chi connectivity index (χ1v) is 6.54. The second kappa shape index (κ2) is 4.90. The van der Waals surface area contributed by atoms with Crippen LogP contribution in [0.25, 0.3) is 10.6 Å². The monoisotopic (exact) mass is 261 g/mol. The van der Waals surface area contributed by atoms with Crippen molar-refractivity contribution in [3.63, 3.8) is 0 Å². The van der Waals surface area contributed by atoms with E-state index in [9.17, 15) is 4.79 Å². The van der Waals surface area contributed by atoms with E-state index in [1.165, 1.54) is 11.1 Å². The van der Waals surface area contributed by atoms with Gasteiger partial charge in [-0.15, -0.1) is 11.3 Å². The van der Waals surface area contributed by atoms with Crippen molar-refractivity contribution in [3.8, 4) is 10.6 Å². The van der Waals surface area contributed by atoms with Gasteiger partial charge in [-0.2, -0.15) is 0 Å². The van der Waals surface area contributed by atoms with Crippen LogP contribution >= 0.6 is 11.3 Å². The van der Waals surface area contributed by atoms with Crippen LogP contribution in [0.1, 0.15) is 21.7 Å². The molecule has 0 saturated heterocycles. The quantitative estimate of drug-likeness (QED) is 0.921. The Labute approximate surface area is 110 Å². The second-order valence-electron chi connectivity index (χ2n) is 4.41. The standard InChI is InChI=1S/C14H15NO2S/c1-8-4-5-11(9(2)6-8)14-15-12(7-13(16)17)10(3)18-14/h4-6H,7H2,1-3H3,(H,16,17). The Bertz CT molecular complexity index is 602. The van der Waals surface area contributed by atoms with Crippen LogP contribution in [0, 0.1) is 20.8 Å². The molecule has 0 atom stereocenters. The predicted octanol–water partition coefficient (Wildman–Crippen LogP) is 3.36. The summed E-state index contributed by atoms with van der Waals surface area (Å²) in [4.78, 5) is 16.2. The summed E-state index contributed by atoms with van der Waals surface area (Å²) in [7, 11) is 0. The number of benzene rings is 1. The van der Waals surface area contributed by atoms with Gasteiger partial charge in [0.25, 0.3) is 0 Å². The van der Waals surface area contributed by atoms with E-state index >= 15 is 0 Å². The van der Waals surface area contributed by atoms with Crippen molar-refractivity contribution >= 4 is 17.3 Å². The van der Waals surface area contributed by atoms with Crippen LogP contribution in [0.3, 0.4) is 0 Å². The first-order valence-electron chi connectivity index (χ1n) is 5.73. The number of carboxylic acids is 1. The van der Waals surface area contributed by atoms with Gasteiger partial charge < -0.3 is 5.11 Å². The molecule has 3 nitrogen and oxygen atoms in total. The molecule has 0 spiro atoms. The number of carboxylic acid groups (broad SMARTS) is 1. The van der Waals surface area contributed by atoms with Gasteiger partial charge >= 0.3 is 5.97 Å².